The van der Waals surface area contributed by atoms with E-state index in [0.29, 0.717) is 12.1 Å². The highest BCUT2D eigenvalue weighted by molar-refractivity contribution is 7.90. The van der Waals surface area contributed by atoms with E-state index in [2.05, 4.69) is 4.72 Å². The lowest BCUT2D eigenvalue weighted by Crippen LogP contribution is -2.31. The van der Waals surface area contributed by atoms with Gasteiger partial charge in [-0.05, 0) is 24.1 Å². The van der Waals surface area contributed by atoms with Crippen LogP contribution in [0.3, 0.4) is 0 Å². The molecule has 0 radical (unpaired) electrons. The second-order valence-corrected chi connectivity index (χ2v) is 7.48. The van der Waals surface area contributed by atoms with Crippen LogP contribution in [-0.4, -0.2) is 29.1 Å². The Morgan fingerprint density at radius 1 is 1.21 bits per heavy atom. The van der Waals surface area contributed by atoms with E-state index in [9.17, 15) is 16.8 Å². The van der Waals surface area contributed by atoms with Gasteiger partial charge in [0.15, 0.2) is 0 Å². The van der Waals surface area contributed by atoms with Gasteiger partial charge >= 0.3 is 0 Å². The van der Waals surface area contributed by atoms with Gasteiger partial charge in [-0.25, -0.2) is 26.7 Å². The van der Waals surface area contributed by atoms with Crippen LogP contribution < -0.4 is 15.6 Å². The Balaban J connectivity index is 2.86. The number of anilines is 1. The molecule has 0 heterocycles. The summed E-state index contributed by atoms with van der Waals surface area (Å²) >= 11 is 0. The van der Waals surface area contributed by atoms with Gasteiger partial charge in [-0.3, -0.25) is 0 Å². The molecule has 108 valence electrons. The fraction of sp³-hybridized carbons (Fsp3) is 0.400. The van der Waals surface area contributed by atoms with E-state index in [-0.39, 0.29) is 11.4 Å². The zero-order valence-corrected chi connectivity index (χ0v) is 12.1. The summed E-state index contributed by atoms with van der Waals surface area (Å²) in [7, 11) is -7.48. The summed E-state index contributed by atoms with van der Waals surface area (Å²) in [6.45, 7) is 1.63. The lowest BCUT2D eigenvalue weighted by molar-refractivity contribution is 0.581. The molecule has 0 aliphatic rings. The van der Waals surface area contributed by atoms with Crippen LogP contribution in [0, 0.1) is 0 Å². The maximum Gasteiger partial charge on any atom is 0.240 e. The van der Waals surface area contributed by atoms with Crippen LogP contribution in [0.2, 0.25) is 0 Å². The molecule has 0 spiro atoms. The van der Waals surface area contributed by atoms with E-state index in [1.165, 1.54) is 12.1 Å². The first-order chi connectivity index (χ1) is 8.65. The summed E-state index contributed by atoms with van der Waals surface area (Å²) < 4.78 is 47.3. The summed E-state index contributed by atoms with van der Waals surface area (Å²) in [4.78, 5) is -0.00313. The monoisotopic (exact) mass is 307 g/mol. The van der Waals surface area contributed by atoms with Gasteiger partial charge < -0.3 is 5.73 Å². The average molecular weight is 307 g/mol. The quantitative estimate of drug-likeness (QED) is 0.603. The molecule has 1 aromatic carbocycles. The van der Waals surface area contributed by atoms with Crippen molar-refractivity contribution in [3.05, 3.63) is 23.8 Å². The normalized spacial score (nSPS) is 12.5. The topological polar surface area (TPSA) is 132 Å². The van der Waals surface area contributed by atoms with Crippen molar-refractivity contribution in [3.8, 4) is 0 Å². The highest BCUT2D eigenvalue weighted by Gasteiger charge is 2.15. The van der Waals surface area contributed by atoms with Crippen LogP contribution >= 0.6 is 0 Å². The van der Waals surface area contributed by atoms with Crippen molar-refractivity contribution in [2.75, 3.05) is 18.0 Å². The molecule has 0 atom stereocenters. The minimum Gasteiger partial charge on any atom is -0.398 e. The summed E-state index contributed by atoms with van der Waals surface area (Å²) in [5, 5.41) is 4.78. The van der Waals surface area contributed by atoms with Crippen molar-refractivity contribution in [2.45, 2.75) is 18.2 Å². The Bertz CT molecular complexity index is 653. The number of hydrogen-bond donors (Lipinski definition) is 3. The molecule has 0 unspecified atom stereocenters. The molecule has 0 amide bonds. The second-order valence-electron chi connectivity index (χ2n) is 3.98. The van der Waals surface area contributed by atoms with Gasteiger partial charge in [0.1, 0.15) is 0 Å². The largest absolute Gasteiger partial charge is 0.398 e. The Labute approximate surface area is 113 Å². The van der Waals surface area contributed by atoms with Crippen molar-refractivity contribution in [1.29, 1.82) is 0 Å². The summed E-state index contributed by atoms with van der Waals surface area (Å²) in [6.07, 6.45) is 0.699. The molecule has 0 fully saturated rings. The van der Waals surface area contributed by atoms with Gasteiger partial charge in [-0.1, -0.05) is 13.0 Å². The van der Waals surface area contributed by atoms with Crippen molar-refractivity contribution in [1.82, 2.24) is 4.72 Å². The fourth-order valence-corrected chi connectivity index (χ4v) is 3.05. The van der Waals surface area contributed by atoms with Crippen molar-refractivity contribution >= 4 is 25.7 Å². The van der Waals surface area contributed by atoms with E-state index in [1.54, 1.807) is 6.07 Å². The molecule has 0 aliphatic carbocycles. The minimum atomic E-state index is -3.78. The van der Waals surface area contributed by atoms with Gasteiger partial charge in [0.25, 0.3) is 0 Å². The van der Waals surface area contributed by atoms with Crippen molar-refractivity contribution in [3.63, 3.8) is 0 Å². The van der Waals surface area contributed by atoms with E-state index in [0.717, 1.165) is 5.56 Å². The molecule has 0 aliphatic heterocycles. The van der Waals surface area contributed by atoms with Gasteiger partial charge in [-0.15, -0.1) is 0 Å². The third-order valence-electron chi connectivity index (χ3n) is 2.49. The van der Waals surface area contributed by atoms with Crippen LogP contribution in [0.25, 0.3) is 0 Å². The van der Waals surface area contributed by atoms with E-state index >= 15 is 0 Å². The van der Waals surface area contributed by atoms with Crippen LogP contribution in [0.15, 0.2) is 23.1 Å². The Hall–Kier alpha value is -1.16. The molecular formula is C10H17N3O4S2. The van der Waals surface area contributed by atoms with Gasteiger partial charge in [0.2, 0.25) is 20.0 Å². The SMILES string of the molecule is CCc1ccc(S(=O)(=O)NCCS(N)(=O)=O)cc1N. The lowest BCUT2D eigenvalue weighted by Gasteiger charge is -2.09. The smallest absolute Gasteiger partial charge is 0.240 e. The third kappa shape index (κ3) is 4.78. The first kappa shape index (κ1) is 15.9. The third-order valence-corrected chi connectivity index (χ3v) is 4.72. The molecular weight excluding hydrogens is 290 g/mol. The van der Waals surface area contributed by atoms with Crippen LogP contribution in [0.5, 0.6) is 0 Å². The molecule has 5 N–H and O–H groups in total. The van der Waals surface area contributed by atoms with Crippen LogP contribution in [-0.2, 0) is 26.5 Å². The minimum absolute atomic E-state index is 0.00313. The number of hydrogen-bond acceptors (Lipinski definition) is 5. The van der Waals surface area contributed by atoms with Crippen LogP contribution in [0.1, 0.15) is 12.5 Å². The molecule has 7 nitrogen and oxygen atoms in total. The number of nitrogen functional groups attached to an aromatic ring is 1. The number of primary sulfonamides is 1. The summed E-state index contributed by atoms with van der Waals surface area (Å²) in [6, 6.07) is 4.40. The lowest BCUT2D eigenvalue weighted by atomic mass is 10.1. The Kier molecular flexibility index (Phi) is 4.91. The van der Waals surface area contributed by atoms with Crippen molar-refractivity contribution in [2.24, 2.45) is 5.14 Å². The van der Waals surface area contributed by atoms with Gasteiger partial charge in [0, 0.05) is 12.2 Å². The summed E-state index contributed by atoms with van der Waals surface area (Å²) in [5.74, 6) is -0.464. The number of rotatable bonds is 6. The average Bonchev–Trinajstić information content (AvgIpc) is 2.26. The molecule has 1 rings (SSSR count). The molecule has 0 aromatic heterocycles. The first-order valence-electron chi connectivity index (χ1n) is 5.54. The number of sulfonamides is 2. The zero-order valence-electron chi connectivity index (χ0n) is 10.5. The maximum atomic E-state index is 11.9. The predicted molar refractivity (Wildman–Crippen MR) is 73.4 cm³/mol. The number of aryl methyl sites for hydroxylation is 1. The Morgan fingerprint density at radius 3 is 2.32 bits per heavy atom. The first-order valence-corrected chi connectivity index (χ1v) is 8.74. The molecule has 1 aromatic rings. The number of nitrogens with two attached hydrogens (primary N) is 2. The predicted octanol–water partition coefficient (Wildman–Crippen LogP) is -0.602. The standard InChI is InChI=1S/C10H17N3O4S2/c1-2-8-3-4-9(7-10(8)11)19(16,17)13-5-6-18(12,14)15/h3-4,7,13H,2,5-6,11H2,1H3,(H2,12,14,15). The van der Waals surface area contributed by atoms with Gasteiger partial charge in [0.05, 0.1) is 10.6 Å². The highest BCUT2D eigenvalue weighted by Crippen LogP contribution is 2.18. The summed E-state index contributed by atoms with van der Waals surface area (Å²) in [5.41, 5.74) is 6.95. The molecule has 0 saturated carbocycles. The molecule has 9 heteroatoms. The van der Waals surface area contributed by atoms with E-state index < -0.39 is 25.8 Å². The van der Waals surface area contributed by atoms with Gasteiger partial charge in [-0.2, -0.15) is 0 Å². The second kappa shape index (κ2) is 5.87. The van der Waals surface area contributed by atoms with E-state index in [1.807, 2.05) is 6.92 Å². The molecule has 0 saturated heterocycles. The Morgan fingerprint density at radius 2 is 1.84 bits per heavy atom. The highest BCUT2D eigenvalue weighted by atomic mass is 32.2. The van der Waals surface area contributed by atoms with Crippen LogP contribution in [0.4, 0.5) is 5.69 Å². The van der Waals surface area contributed by atoms with Crippen molar-refractivity contribution < 1.29 is 16.8 Å². The zero-order chi connectivity index (χ0) is 14.7. The maximum absolute atomic E-state index is 11.9. The fourth-order valence-electron chi connectivity index (χ4n) is 1.46. The molecule has 0 bridgehead atoms. The number of benzene rings is 1. The number of nitrogens with one attached hydrogen (secondary N) is 1. The van der Waals surface area contributed by atoms with E-state index in [4.69, 9.17) is 10.9 Å². The molecule has 19 heavy (non-hydrogen) atoms.